The smallest absolute Gasteiger partial charge is 0.235 e. The highest BCUT2D eigenvalue weighted by Gasteiger charge is 2.47. The minimum atomic E-state index is -0.493. The van der Waals surface area contributed by atoms with Crippen LogP contribution < -0.4 is 14.2 Å². The monoisotopic (exact) mass is 249 g/mol. The molecule has 1 aliphatic carbocycles. The zero-order valence-electron chi connectivity index (χ0n) is 10.6. The van der Waals surface area contributed by atoms with Crippen LogP contribution in [0.2, 0.25) is 0 Å². The fourth-order valence-electron chi connectivity index (χ4n) is 2.04. The van der Waals surface area contributed by atoms with E-state index >= 15 is 0 Å². The Labute approximate surface area is 105 Å². The van der Waals surface area contributed by atoms with Crippen molar-refractivity contribution in [2.24, 2.45) is 4.99 Å². The molecule has 0 N–H and O–H groups in total. The number of rotatable bonds is 5. The van der Waals surface area contributed by atoms with Gasteiger partial charge in [0.2, 0.25) is 6.08 Å². The summed E-state index contributed by atoms with van der Waals surface area (Å²) in [5, 5.41) is 0. The minimum Gasteiger partial charge on any atom is -0.496 e. The first-order chi connectivity index (χ1) is 8.70. The molecule has 0 atom stereocenters. The van der Waals surface area contributed by atoms with Crippen molar-refractivity contribution in [2.75, 3.05) is 21.3 Å². The highest BCUT2D eigenvalue weighted by molar-refractivity contribution is 5.56. The molecule has 0 saturated heterocycles. The molecule has 0 amide bonds. The van der Waals surface area contributed by atoms with Crippen molar-refractivity contribution in [1.29, 1.82) is 0 Å². The molecule has 1 fully saturated rings. The summed E-state index contributed by atoms with van der Waals surface area (Å²) in [6.07, 6.45) is 3.26. The lowest BCUT2D eigenvalue weighted by molar-refractivity contribution is 0.346. The molecule has 0 aliphatic heterocycles. The molecule has 0 radical (unpaired) electrons. The molecule has 2 rings (SSSR count). The molecule has 1 aromatic rings. The lowest BCUT2D eigenvalue weighted by Crippen LogP contribution is -2.06. The van der Waals surface area contributed by atoms with E-state index in [0.29, 0.717) is 17.2 Å². The van der Waals surface area contributed by atoms with Gasteiger partial charge in [-0.3, -0.25) is 0 Å². The molecule has 0 aromatic heterocycles. The van der Waals surface area contributed by atoms with Gasteiger partial charge in [-0.1, -0.05) is 0 Å². The first kappa shape index (κ1) is 12.5. The maximum atomic E-state index is 10.5. The second-order valence-electron chi connectivity index (χ2n) is 4.14. The Morgan fingerprint density at radius 2 is 1.61 bits per heavy atom. The lowest BCUT2D eigenvalue weighted by atomic mass is 10.0. The van der Waals surface area contributed by atoms with Gasteiger partial charge in [-0.15, -0.1) is 0 Å². The predicted molar refractivity (Wildman–Crippen MR) is 65.1 cm³/mol. The zero-order valence-corrected chi connectivity index (χ0v) is 10.6. The number of nitrogens with zero attached hydrogens (tertiary/aromatic N) is 1. The van der Waals surface area contributed by atoms with Crippen LogP contribution in [0.25, 0.3) is 0 Å². The van der Waals surface area contributed by atoms with Crippen molar-refractivity contribution < 1.29 is 19.0 Å². The van der Waals surface area contributed by atoms with E-state index in [2.05, 4.69) is 4.99 Å². The van der Waals surface area contributed by atoms with E-state index in [1.807, 2.05) is 6.07 Å². The van der Waals surface area contributed by atoms with Crippen molar-refractivity contribution in [3.05, 3.63) is 17.7 Å². The van der Waals surface area contributed by atoms with Gasteiger partial charge in [-0.25, -0.2) is 4.79 Å². The predicted octanol–water partition coefficient (Wildman–Crippen LogP) is 2.04. The molecule has 18 heavy (non-hydrogen) atoms. The van der Waals surface area contributed by atoms with E-state index in [9.17, 15) is 4.79 Å². The van der Waals surface area contributed by atoms with Crippen LogP contribution in [0.4, 0.5) is 0 Å². The number of aliphatic imine (C=N–C) groups is 1. The Hall–Kier alpha value is -2.00. The van der Waals surface area contributed by atoms with E-state index in [1.54, 1.807) is 33.5 Å². The van der Waals surface area contributed by atoms with Crippen molar-refractivity contribution in [1.82, 2.24) is 0 Å². The zero-order chi connectivity index (χ0) is 13.2. The summed E-state index contributed by atoms with van der Waals surface area (Å²) < 4.78 is 15.8. The van der Waals surface area contributed by atoms with E-state index in [1.165, 1.54) is 0 Å². The number of hydrogen-bond donors (Lipinski definition) is 0. The van der Waals surface area contributed by atoms with Crippen LogP contribution in [0.3, 0.4) is 0 Å². The second kappa shape index (κ2) is 4.70. The first-order valence-electron chi connectivity index (χ1n) is 5.60. The summed E-state index contributed by atoms with van der Waals surface area (Å²) in [4.78, 5) is 14.4. The normalized spacial score (nSPS) is 15.5. The maximum Gasteiger partial charge on any atom is 0.235 e. The van der Waals surface area contributed by atoms with Crippen molar-refractivity contribution >= 4 is 6.08 Å². The fraction of sp³-hybridized carbons (Fsp3) is 0.462. The molecule has 0 bridgehead atoms. The van der Waals surface area contributed by atoms with Gasteiger partial charge in [0, 0.05) is 11.6 Å². The van der Waals surface area contributed by atoms with Gasteiger partial charge in [-0.2, -0.15) is 4.99 Å². The van der Waals surface area contributed by atoms with Gasteiger partial charge in [0.15, 0.2) is 11.5 Å². The van der Waals surface area contributed by atoms with E-state index in [4.69, 9.17) is 14.2 Å². The van der Waals surface area contributed by atoms with Crippen LogP contribution in [-0.2, 0) is 10.3 Å². The fourth-order valence-corrected chi connectivity index (χ4v) is 2.04. The summed E-state index contributed by atoms with van der Waals surface area (Å²) in [5.41, 5.74) is 0.345. The third kappa shape index (κ3) is 1.93. The first-order valence-corrected chi connectivity index (χ1v) is 5.60. The summed E-state index contributed by atoms with van der Waals surface area (Å²) in [6, 6.07) is 3.56. The number of isocyanates is 1. The second-order valence-corrected chi connectivity index (χ2v) is 4.14. The van der Waals surface area contributed by atoms with E-state index < -0.39 is 5.54 Å². The number of ether oxygens (including phenoxy) is 3. The van der Waals surface area contributed by atoms with Crippen LogP contribution in [0.15, 0.2) is 17.1 Å². The summed E-state index contributed by atoms with van der Waals surface area (Å²) in [7, 11) is 4.70. The Morgan fingerprint density at radius 1 is 1.06 bits per heavy atom. The van der Waals surface area contributed by atoms with Crippen LogP contribution in [0.5, 0.6) is 17.2 Å². The van der Waals surface area contributed by atoms with Gasteiger partial charge >= 0.3 is 0 Å². The Bertz CT molecular complexity index is 502. The van der Waals surface area contributed by atoms with Crippen LogP contribution in [-0.4, -0.2) is 27.4 Å². The van der Waals surface area contributed by atoms with Crippen molar-refractivity contribution in [3.63, 3.8) is 0 Å². The summed E-state index contributed by atoms with van der Waals surface area (Å²) in [6.45, 7) is 0. The molecule has 5 nitrogen and oxygen atoms in total. The number of hydrogen-bond acceptors (Lipinski definition) is 5. The van der Waals surface area contributed by atoms with Gasteiger partial charge in [0.25, 0.3) is 0 Å². The molecule has 5 heteroatoms. The van der Waals surface area contributed by atoms with E-state index in [0.717, 1.165) is 18.4 Å². The average Bonchev–Trinajstić information content (AvgIpc) is 3.18. The maximum absolute atomic E-state index is 10.5. The molecular formula is C13H15NO4. The molecule has 1 aliphatic rings. The van der Waals surface area contributed by atoms with Crippen molar-refractivity contribution in [2.45, 2.75) is 18.4 Å². The molecule has 0 spiro atoms. The lowest BCUT2D eigenvalue weighted by Gasteiger charge is -2.17. The van der Waals surface area contributed by atoms with Gasteiger partial charge in [0.1, 0.15) is 11.3 Å². The van der Waals surface area contributed by atoms with E-state index in [-0.39, 0.29) is 0 Å². The summed E-state index contributed by atoms with van der Waals surface area (Å²) >= 11 is 0. The Balaban J connectivity index is 2.56. The van der Waals surface area contributed by atoms with Crippen LogP contribution in [0, 0.1) is 0 Å². The van der Waals surface area contributed by atoms with Crippen LogP contribution in [0.1, 0.15) is 18.4 Å². The highest BCUT2D eigenvalue weighted by Crippen LogP contribution is 2.54. The van der Waals surface area contributed by atoms with Crippen molar-refractivity contribution in [3.8, 4) is 17.2 Å². The Kier molecular flexibility index (Phi) is 3.26. The molecule has 0 unspecified atom stereocenters. The molecular weight excluding hydrogens is 234 g/mol. The Morgan fingerprint density at radius 3 is 2.06 bits per heavy atom. The SMILES string of the molecule is COc1cc(OC)c(C2(N=C=O)CC2)cc1OC. The molecule has 1 aromatic carbocycles. The largest absolute Gasteiger partial charge is 0.496 e. The van der Waals surface area contributed by atoms with Gasteiger partial charge in [-0.05, 0) is 18.9 Å². The number of benzene rings is 1. The topological polar surface area (TPSA) is 57.1 Å². The highest BCUT2D eigenvalue weighted by atomic mass is 16.5. The average molecular weight is 249 g/mol. The third-order valence-electron chi connectivity index (χ3n) is 3.19. The molecule has 1 saturated carbocycles. The number of carbonyl (C=O) groups excluding carboxylic acids is 1. The van der Waals surface area contributed by atoms with Crippen LogP contribution >= 0.6 is 0 Å². The quantitative estimate of drug-likeness (QED) is 0.592. The van der Waals surface area contributed by atoms with Gasteiger partial charge in [0.05, 0.1) is 21.3 Å². The third-order valence-corrected chi connectivity index (χ3v) is 3.19. The number of methoxy groups -OCH3 is 3. The molecule has 96 valence electrons. The summed E-state index contributed by atoms with van der Waals surface area (Å²) in [5.74, 6) is 1.83. The minimum absolute atomic E-state index is 0.493. The van der Waals surface area contributed by atoms with Gasteiger partial charge < -0.3 is 14.2 Å². The standard InChI is InChI=1S/C13H15NO4/c1-16-10-7-12(18-3)11(17-2)6-9(10)13(4-5-13)14-8-15/h6-7H,4-5H2,1-3H3. The molecule has 0 heterocycles.